The summed E-state index contributed by atoms with van der Waals surface area (Å²) in [6.07, 6.45) is 0. The topological polar surface area (TPSA) is 57.7 Å². The molecule has 2 heterocycles. The maximum atomic E-state index is 13.1. The van der Waals surface area contributed by atoms with Crippen molar-refractivity contribution in [1.29, 1.82) is 0 Å². The van der Waals surface area contributed by atoms with Crippen molar-refractivity contribution in [1.82, 2.24) is 4.90 Å². The molecule has 3 rings (SSSR count). The number of amides is 1. The van der Waals surface area contributed by atoms with Gasteiger partial charge in [-0.15, -0.1) is 11.3 Å². The zero-order valence-electron chi connectivity index (χ0n) is 22.2. The van der Waals surface area contributed by atoms with Crippen molar-refractivity contribution in [2.24, 2.45) is 0 Å². The third-order valence-corrected chi connectivity index (χ3v) is 10.5. The van der Waals surface area contributed by atoms with Gasteiger partial charge in [0.25, 0.3) is 5.91 Å². The fraction of sp³-hybridized carbons (Fsp3) is 0.593. The van der Waals surface area contributed by atoms with E-state index in [2.05, 4.69) is 64.6 Å². The molecule has 1 aromatic carbocycles. The van der Waals surface area contributed by atoms with E-state index in [-0.39, 0.29) is 20.9 Å². The van der Waals surface area contributed by atoms with E-state index in [0.29, 0.717) is 18.0 Å². The van der Waals surface area contributed by atoms with Gasteiger partial charge in [-0.1, -0.05) is 47.6 Å². The van der Waals surface area contributed by atoms with E-state index in [1.807, 2.05) is 4.90 Å². The summed E-state index contributed by atoms with van der Waals surface area (Å²) in [5, 5.41) is 0. The zero-order valence-corrected chi connectivity index (χ0v) is 23.8. The molecule has 0 saturated carbocycles. The van der Waals surface area contributed by atoms with Crippen LogP contribution in [0.25, 0.3) is 0 Å². The Hall–Kier alpha value is -1.86. The lowest BCUT2D eigenvalue weighted by molar-refractivity contribution is 0.0751. The molecule has 1 aromatic heterocycles. The van der Waals surface area contributed by atoms with Crippen LogP contribution in [-0.4, -0.2) is 50.2 Å². The second-order valence-electron chi connectivity index (χ2n) is 12.3. The van der Waals surface area contributed by atoms with Gasteiger partial charge in [-0.3, -0.25) is 4.79 Å². The smallest absolute Gasteiger partial charge is 0.264 e. The van der Waals surface area contributed by atoms with Crippen LogP contribution in [0.3, 0.4) is 0 Å². The van der Waals surface area contributed by atoms with Crippen molar-refractivity contribution in [2.75, 3.05) is 31.1 Å². The highest BCUT2D eigenvalue weighted by molar-refractivity contribution is 7.94. The number of benzene rings is 1. The fourth-order valence-electron chi connectivity index (χ4n) is 3.86. The van der Waals surface area contributed by atoms with E-state index in [1.165, 1.54) is 16.8 Å². The molecule has 0 atom stereocenters. The molecule has 0 unspecified atom stereocenters. The van der Waals surface area contributed by atoms with Gasteiger partial charge < -0.3 is 9.80 Å². The second-order valence-corrected chi connectivity index (χ2v) is 16.3. The Kier molecular flexibility index (Phi) is 7.06. The molecule has 1 amide bonds. The number of carbonyl (C=O) groups excluding carboxylic acids is 1. The molecule has 188 valence electrons. The van der Waals surface area contributed by atoms with Gasteiger partial charge in [0.1, 0.15) is 4.21 Å². The van der Waals surface area contributed by atoms with Crippen LogP contribution in [0.2, 0.25) is 0 Å². The number of piperazine rings is 1. The Morgan fingerprint density at radius 1 is 0.794 bits per heavy atom. The van der Waals surface area contributed by atoms with Crippen LogP contribution in [0.15, 0.2) is 34.5 Å². The number of hydrogen-bond acceptors (Lipinski definition) is 5. The van der Waals surface area contributed by atoms with Crippen LogP contribution in [0.5, 0.6) is 0 Å². The molecule has 0 N–H and O–H groups in total. The van der Waals surface area contributed by atoms with Gasteiger partial charge in [-0.25, -0.2) is 8.42 Å². The number of hydrogen-bond donors (Lipinski definition) is 0. The predicted molar refractivity (Wildman–Crippen MR) is 143 cm³/mol. The highest BCUT2D eigenvalue weighted by atomic mass is 32.2. The largest absolute Gasteiger partial charge is 0.368 e. The average molecular weight is 505 g/mol. The summed E-state index contributed by atoms with van der Waals surface area (Å²) in [4.78, 5) is 17.8. The highest BCUT2D eigenvalue weighted by Gasteiger charge is 2.33. The molecule has 1 saturated heterocycles. The molecule has 0 radical (unpaired) electrons. The van der Waals surface area contributed by atoms with E-state index < -0.39 is 14.6 Å². The van der Waals surface area contributed by atoms with E-state index in [9.17, 15) is 13.2 Å². The molecule has 1 fully saturated rings. The van der Waals surface area contributed by atoms with Crippen LogP contribution in [0.4, 0.5) is 5.69 Å². The summed E-state index contributed by atoms with van der Waals surface area (Å²) < 4.78 is 24.8. The SMILES string of the molecule is CC(C)(C)c1cc(N2CCN(C(=O)c3ccc(S(=O)(=O)C(C)(C)C)s3)CC2)cc(C(C)(C)C)c1. The van der Waals surface area contributed by atoms with Gasteiger partial charge in [-0.05, 0) is 67.0 Å². The van der Waals surface area contributed by atoms with E-state index in [1.54, 1.807) is 32.9 Å². The van der Waals surface area contributed by atoms with Gasteiger partial charge in [0.15, 0.2) is 9.84 Å². The third-order valence-electron chi connectivity index (χ3n) is 6.45. The van der Waals surface area contributed by atoms with Crippen molar-refractivity contribution in [3.8, 4) is 0 Å². The number of sulfone groups is 1. The summed E-state index contributed by atoms with van der Waals surface area (Å²) in [6, 6.07) is 10.1. The molecule has 1 aliphatic heterocycles. The van der Waals surface area contributed by atoms with E-state index >= 15 is 0 Å². The fourth-order valence-corrected chi connectivity index (χ4v) is 6.88. The summed E-state index contributed by atoms with van der Waals surface area (Å²) >= 11 is 1.08. The highest BCUT2D eigenvalue weighted by Crippen LogP contribution is 2.34. The molecular weight excluding hydrogens is 464 g/mol. The Bertz CT molecular complexity index is 1120. The van der Waals surface area contributed by atoms with Crippen LogP contribution < -0.4 is 4.90 Å². The van der Waals surface area contributed by atoms with Crippen LogP contribution in [0.1, 0.15) is 83.1 Å². The molecule has 1 aliphatic rings. The van der Waals surface area contributed by atoms with Gasteiger partial charge >= 0.3 is 0 Å². The number of carbonyl (C=O) groups is 1. The van der Waals surface area contributed by atoms with Crippen molar-refractivity contribution >= 4 is 32.8 Å². The molecule has 7 heteroatoms. The Morgan fingerprint density at radius 3 is 1.74 bits per heavy atom. The summed E-state index contributed by atoms with van der Waals surface area (Å²) in [5.41, 5.74) is 3.95. The Labute approximate surface area is 210 Å². The first-order valence-corrected chi connectivity index (χ1v) is 14.3. The summed E-state index contributed by atoms with van der Waals surface area (Å²) in [7, 11) is -3.46. The van der Waals surface area contributed by atoms with Gasteiger partial charge in [0.05, 0.1) is 9.62 Å². The maximum Gasteiger partial charge on any atom is 0.264 e. The lowest BCUT2D eigenvalue weighted by Gasteiger charge is -2.37. The van der Waals surface area contributed by atoms with Gasteiger partial charge in [-0.2, -0.15) is 0 Å². The van der Waals surface area contributed by atoms with Crippen LogP contribution >= 0.6 is 11.3 Å². The molecular formula is C27H40N2O3S2. The normalized spacial score (nSPS) is 16.1. The monoisotopic (exact) mass is 504 g/mol. The minimum Gasteiger partial charge on any atom is -0.368 e. The molecule has 34 heavy (non-hydrogen) atoms. The first kappa shape index (κ1) is 26.7. The summed E-state index contributed by atoms with van der Waals surface area (Å²) in [5.74, 6) is -0.0844. The van der Waals surface area contributed by atoms with Gasteiger partial charge in [0.2, 0.25) is 0 Å². The first-order valence-electron chi connectivity index (χ1n) is 12.0. The standard InChI is InChI=1S/C27H40N2O3S2/c1-25(2,3)19-16-20(26(4,5)6)18-21(17-19)28-12-14-29(15-13-28)24(30)22-10-11-23(33-22)34(31,32)27(7,8)9/h10-11,16-18H,12-15H2,1-9H3. The lowest BCUT2D eigenvalue weighted by Crippen LogP contribution is -2.48. The van der Waals surface area contributed by atoms with Crippen molar-refractivity contribution in [2.45, 2.75) is 82.1 Å². The minimum absolute atomic E-state index is 0.0536. The average Bonchev–Trinajstić information content (AvgIpc) is 3.22. The number of rotatable bonds is 3. The second kappa shape index (κ2) is 8.98. The molecule has 0 bridgehead atoms. The van der Waals surface area contributed by atoms with Crippen molar-refractivity contribution in [3.05, 3.63) is 46.3 Å². The van der Waals surface area contributed by atoms with Crippen LogP contribution in [-0.2, 0) is 20.7 Å². The Balaban J connectivity index is 1.77. The lowest BCUT2D eigenvalue weighted by atomic mass is 9.80. The first-order chi connectivity index (χ1) is 15.4. The van der Waals surface area contributed by atoms with Gasteiger partial charge in [0, 0.05) is 31.9 Å². The van der Waals surface area contributed by atoms with E-state index in [4.69, 9.17) is 0 Å². The number of thiophene rings is 1. The Morgan fingerprint density at radius 2 is 1.29 bits per heavy atom. The predicted octanol–water partition coefficient (Wildman–Crippen LogP) is 5.88. The molecule has 5 nitrogen and oxygen atoms in total. The van der Waals surface area contributed by atoms with Crippen molar-refractivity contribution < 1.29 is 13.2 Å². The molecule has 0 spiro atoms. The van der Waals surface area contributed by atoms with Crippen molar-refractivity contribution in [3.63, 3.8) is 0 Å². The summed E-state index contributed by atoms with van der Waals surface area (Å²) in [6.45, 7) is 21.2. The minimum atomic E-state index is -3.46. The van der Waals surface area contributed by atoms with Crippen LogP contribution in [0, 0.1) is 0 Å². The number of nitrogens with zero attached hydrogens (tertiary/aromatic N) is 2. The third kappa shape index (κ3) is 5.51. The quantitative estimate of drug-likeness (QED) is 0.524. The molecule has 0 aliphatic carbocycles. The number of anilines is 1. The zero-order chi connectivity index (χ0) is 25.7. The molecule has 2 aromatic rings. The maximum absolute atomic E-state index is 13.1. The van der Waals surface area contributed by atoms with E-state index in [0.717, 1.165) is 24.4 Å².